The number of unbranched alkanes of at least 4 members (excludes halogenated alkanes) is 1. The van der Waals surface area contributed by atoms with Crippen molar-refractivity contribution < 1.29 is 39.5 Å². The van der Waals surface area contributed by atoms with Crippen LogP contribution in [-0.2, 0) is 32.2 Å². The average Bonchev–Trinajstić information content (AvgIpc) is 3.12. The Kier molecular flexibility index (Phi) is 13.1. The number of aliphatic hydroxyl groups excluding tert-OH is 2. The van der Waals surface area contributed by atoms with Gasteiger partial charge >= 0.3 is 5.97 Å². The number of ether oxygens (including phenoxy) is 2. The molecule has 0 aromatic heterocycles. The zero-order chi connectivity index (χ0) is 35.5. The first-order valence-corrected chi connectivity index (χ1v) is 17.0. The summed E-state index contributed by atoms with van der Waals surface area (Å²) in [7, 11) is 1.93. The lowest BCUT2D eigenvalue weighted by molar-refractivity contribution is -0.252. The second kappa shape index (κ2) is 17.9. The van der Waals surface area contributed by atoms with Crippen molar-refractivity contribution in [2.24, 2.45) is 0 Å². The zero-order valence-electron chi connectivity index (χ0n) is 28.3. The Morgan fingerprint density at radius 2 is 1.58 bits per heavy atom. The Balaban J connectivity index is 1.28. The standard InChI is InChI=1S/C40H46N2O8/c1-42(25-36(45)32-10-6-12-34(44)21-32)24-35-22-37(29-17-15-27(26-43)16-18-29)50-40(49-35)33-11-5-9-31(20-33)30-8-4-7-28(19-30)23-41-38(46)13-2-3-14-39(47)48/h4-12,15-21,35-37,40,43-45H,2-3,13-14,22-26H2,1H3,(H,41,46)(H,47,48). The molecule has 4 unspecified atom stereocenters. The summed E-state index contributed by atoms with van der Waals surface area (Å²) in [4.78, 5) is 25.0. The van der Waals surface area contributed by atoms with E-state index in [-0.39, 0.29) is 43.3 Å². The molecule has 5 rings (SSSR count). The van der Waals surface area contributed by atoms with E-state index < -0.39 is 18.4 Å². The summed E-state index contributed by atoms with van der Waals surface area (Å²) in [5.74, 6) is -0.853. The Morgan fingerprint density at radius 1 is 0.860 bits per heavy atom. The number of carbonyl (C=O) groups is 2. The van der Waals surface area contributed by atoms with Crippen molar-refractivity contribution in [3.05, 3.63) is 125 Å². The van der Waals surface area contributed by atoms with Crippen molar-refractivity contribution in [2.45, 2.75) is 69.9 Å². The first-order valence-electron chi connectivity index (χ1n) is 17.0. The fourth-order valence-electron chi connectivity index (χ4n) is 6.16. The van der Waals surface area contributed by atoms with Gasteiger partial charge in [0.2, 0.25) is 5.91 Å². The molecule has 4 atom stereocenters. The third-order valence-electron chi connectivity index (χ3n) is 8.82. The number of benzene rings is 4. The topological polar surface area (TPSA) is 149 Å². The highest BCUT2D eigenvalue weighted by Gasteiger charge is 2.33. The highest BCUT2D eigenvalue weighted by atomic mass is 16.7. The summed E-state index contributed by atoms with van der Waals surface area (Å²) in [5.41, 5.74) is 6.18. The van der Waals surface area contributed by atoms with Crippen LogP contribution in [0.25, 0.3) is 11.1 Å². The maximum absolute atomic E-state index is 12.3. The van der Waals surface area contributed by atoms with Gasteiger partial charge < -0.3 is 40.1 Å². The van der Waals surface area contributed by atoms with Crippen LogP contribution in [0, 0.1) is 0 Å². The molecule has 5 N–H and O–H groups in total. The maximum Gasteiger partial charge on any atom is 0.303 e. The van der Waals surface area contributed by atoms with E-state index in [0.717, 1.165) is 33.4 Å². The van der Waals surface area contributed by atoms with Crippen LogP contribution in [0.2, 0.25) is 0 Å². The van der Waals surface area contributed by atoms with Crippen LogP contribution < -0.4 is 5.32 Å². The number of rotatable bonds is 16. The van der Waals surface area contributed by atoms with E-state index in [9.17, 15) is 24.9 Å². The number of nitrogens with zero attached hydrogens (tertiary/aromatic N) is 1. The van der Waals surface area contributed by atoms with E-state index in [2.05, 4.69) is 11.4 Å². The van der Waals surface area contributed by atoms with Gasteiger partial charge in [-0.15, -0.1) is 0 Å². The molecule has 1 aliphatic rings. The molecular formula is C40H46N2O8. The van der Waals surface area contributed by atoms with Gasteiger partial charge in [0.1, 0.15) is 5.75 Å². The molecule has 0 saturated carbocycles. The lowest BCUT2D eigenvalue weighted by Crippen LogP contribution is -2.39. The largest absolute Gasteiger partial charge is 0.508 e. The molecule has 10 nitrogen and oxygen atoms in total. The predicted molar refractivity (Wildman–Crippen MR) is 189 cm³/mol. The number of carbonyl (C=O) groups excluding carboxylic acids is 1. The molecule has 10 heteroatoms. The Bertz CT molecular complexity index is 1710. The number of carboxylic acid groups (broad SMARTS) is 1. The van der Waals surface area contributed by atoms with Crippen molar-refractivity contribution in [3.8, 4) is 16.9 Å². The van der Waals surface area contributed by atoms with Gasteiger partial charge in [-0.2, -0.15) is 0 Å². The van der Waals surface area contributed by atoms with Crippen LogP contribution in [0.5, 0.6) is 5.75 Å². The summed E-state index contributed by atoms with van der Waals surface area (Å²) in [6.07, 6.45) is 0.00933. The van der Waals surface area contributed by atoms with Gasteiger partial charge in [0, 0.05) is 44.5 Å². The van der Waals surface area contributed by atoms with Gasteiger partial charge in [-0.1, -0.05) is 72.8 Å². The lowest BCUT2D eigenvalue weighted by Gasteiger charge is -2.38. The van der Waals surface area contributed by atoms with Gasteiger partial charge in [-0.3, -0.25) is 9.59 Å². The molecule has 1 amide bonds. The fraction of sp³-hybridized carbons (Fsp3) is 0.350. The van der Waals surface area contributed by atoms with Crippen LogP contribution in [0.3, 0.4) is 0 Å². The second-order valence-corrected chi connectivity index (χ2v) is 12.9. The number of carboxylic acids is 1. The number of aromatic hydroxyl groups is 1. The molecule has 1 heterocycles. The van der Waals surface area contributed by atoms with E-state index in [0.29, 0.717) is 44.5 Å². The fourth-order valence-corrected chi connectivity index (χ4v) is 6.16. The molecule has 1 saturated heterocycles. The van der Waals surface area contributed by atoms with Crippen molar-refractivity contribution in [2.75, 3.05) is 20.1 Å². The predicted octanol–water partition coefficient (Wildman–Crippen LogP) is 6.02. The van der Waals surface area contributed by atoms with Crippen molar-refractivity contribution in [1.82, 2.24) is 10.2 Å². The van der Waals surface area contributed by atoms with Gasteiger partial charge in [0.25, 0.3) is 0 Å². The number of phenols is 1. The third-order valence-corrected chi connectivity index (χ3v) is 8.82. The van der Waals surface area contributed by atoms with Crippen LogP contribution in [-0.4, -0.2) is 63.4 Å². The third kappa shape index (κ3) is 10.7. The molecule has 0 bridgehead atoms. The van der Waals surface area contributed by atoms with Crippen LogP contribution in [0.15, 0.2) is 97.1 Å². The highest BCUT2D eigenvalue weighted by molar-refractivity contribution is 5.76. The first-order chi connectivity index (χ1) is 24.2. The van der Waals surface area contributed by atoms with Gasteiger partial charge in [-0.25, -0.2) is 0 Å². The molecule has 1 aliphatic heterocycles. The second-order valence-electron chi connectivity index (χ2n) is 12.9. The molecule has 1 fully saturated rings. The number of phenolic OH excluding ortho intramolecular Hbond substituents is 1. The number of amides is 1. The van der Waals surface area contributed by atoms with Crippen molar-refractivity contribution in [1.29, 1.82) is 0 Å². The molecule has 50 heavy (non-hydrogen) atoms. The minimum atomic E-state index is -0.855. The van der Waals surface area contributed by atoms with Crippen molar-refractivity contribution in [3.63, 3.8) is 0 Å². The highest BCUT2D eigenvalue weighted by Crippen LogP contribution is 2.39. The Morgan fingerprint density at radius 3 is 2.32 bits per heavy atom. The lowest BCUT2D eigenvalue weighted by atomic mass is 9.98. The number of aliphatic hydroxyl groups is 2. The van der Waals surface area contributed by atoms with Crippen LogP contribution in [0.4, 0.5) is 0 Å². The van der Waals surface area contributed by atoms with Gasteiger partial charge in [0.05, 0.1) is 24.9 Å². The molecule has 0 aliphatic carbocycles. The smallest absolute Gasteiger partial charge is 0.303 e. The number of nitrogens with one attached hydrogen (secondary N) is 1. The summed E-state index contributed by atoms with van der Waals surface area (Å²) >= 11 is 0. The molecule has 4 aromatic carbocycles. The van der Waals surface area contributed by atoms with E-state index >= 15 is 0 Å². The molecule has 0 spiro atoms. The number of likely N-dealkylation sites (N-methyl/N-ethyl adjacent to an activating group) is 1. The summed E-state index contributed by atoms with van der Waals surface area (Å²) in [5, 5.41) is 42.0. The number of hydrogen-bond acceptors (Lipinski definition) is 8. The maximum atomic E-state index is 12.3. The molecule has 4 aromatic rings. The normalized spacial score (nSPS) is 18.1. The quantitative estimate of drug-likeness (QED) is 0.0895. The minimum absolute atomic E-state index is 0.0402. The Hall–Kier alpha value is -4.58. The monoisotopic (exact) mass is 682 g/mol. The Labute approximate surface area is 292 Å². The van der Waals surface area contributed by atoms with E-state index in [1.165, 1.54) is 0 Å². The molecular weight excluding hydrogens is 636 g/mol. The number of aliphatic carboxylic acids is 1. The summed E-state index contributed by atoms with van der Waals surface area (Å²) in [6, 6.07) is 30.4. The van der Waals surface area contributed by atoms with E-state index in [1.807, 2.05) is 78.7 Å². The summed E-state index contributed by atoms with van der Waals surface area (Å²) in [6.45, 7) is 1.21. The minimum Gasteiger partial charge on any atom is -0.508 e. The zero-order valence-corrected chi connectivity index (χ0v) is 28.3. The summed E-state index contributed by atoms with van der Waals surface area (Å²) < 4.78 is 13.2. The van der Waals surface area contributed by atoms with Gasteiger partial charge in [0.15, 0.2) is 6.29 Å². The number of hydrogen-bond donors (Lipinski definition) is 5. The molecule has 264 valence electrons. The first kappa shape index (κ1) is 36.7. The van der Waals surface area contributed by atoms with Crippen molar-refractivity contribution >= 4 is 11.9 Å². The van der Waals surface area contributed by atoms with Crippen LogP contribution >= 0.6 is 0 Å². The van der Waals surface area contributed by atoms with E-state index in [1.54, 1.807) is 24.3 Å². The SMILES string of the molecule is CN(CC1CC(c2ccc(CO)cc2)OC(c2cccc(-c3cccc(CNC(=O)CCCCC(=O)O)c3)c2)O1)CC(O)c1cccc(O)c1. The average molecular weight is 683 g/mol. The van der Waals surface area contributed by atoms with E-state index in [4.69, 9.17) is 14.6 Å². The van der Waals surface area contributed by atoms with Crippen LogP contribution in [0.1, 0.15) is 78.4 Å². The van der Waals surface area contributed by atoms with Gasteiger partial charge in [-0.05, 0) is 77.5 Å². The molecule has 0 radical (unpaired) electrons.